The number of ketones is 1. The summed E-state index contributed by atoms with van der Waals surface area (Å²) in [6.07, 6.45) is -4.29. The molecule has 4 aromatic rings. The lowest BCUT2D eigenvalue weighted by molar-refractivity contribution is -0.291. The average molecular weight is 616 g/mol. The monoisotopic (exact) mass is 615 g/mol. The fourth-order valence-electron chi connectivity index (χ4n) is 3.95. The highest BCUT2D eigenvalue weighted by Gasteiger charge is 2.60. The number of aromatic nitrogens is 6. The van der Waals surface area contributed by atoms with Gasteiger partial charge in [0.25, 0.3) is 5.91 Å². The standard InChI is InChI=1S/C25H20Cl2F5N7O2/c1-3-33-23(41)17-8-14(26)7-13(2)16(17)10-20(40)19-9-15(36-39(19)22-18(27)5-4-6-34-22)11-38-12-21(35-37-38)24(28,29)25(30,31)32/h4-9,12H,3,10-11H2,1-2H3,(H,33,41). The number of aryl methyl sites for hydroxylation is 1. The van der Waals surface area contributed by atoms with Crippen LogP contribution >= 0.6 is 23.2 Å². The van der Waals surface area contributed by atoms with Gasteiger partial charge in [-0.2, -0.15) is 27.1 Å². The summed E-state index contributed by atoms with van der Waals surface area (Å²) in [7, 11) is 0. The maximum Gasteiger partial charge on any atom is 0.459 e. The van der Waals surface area contributed by atoms with Crippen LogP contribution in [-0.4, -0.2) is 54.2 Å². The van der Waals surface area contributed by atoms with Gasteiger partial charge in [0.15, 0.2) is 17.3 Å². The smallest absolute Gasteiger partial charge is 0.352 e. The summed E-state index contributed by atoms with van der Waals surface area (Å²) in [4.78, 5) is 30.5. The minimum absolute atomic E-state index is 0.0437. The van der Waals surface area contributed by atoms with E-state index in [1.807, 2.05) is 0 Å². The van der Waals surface area contributed by atoms with Crippen LogP contribution in [0.1, 0.15) is 50.3 Å². The molecule has 0 spiro atoms. The van der Waals surface area contributed by atoms with Crippen LogP contribution in [0.25, 0.3) is 5.82 Å². The fourth-order valence-corrected chi connectivity index (χ4v) is 4.42. The molecule has 216 valence electrons. The number of Topliss-reactive ketones (excluding diaryl/α,β-unsaturated/α-hetero) is 1. The molecule has 0 unspecified atom stereocenters. The zero-order valence-corrected chi connectivity index (χ0v) is 22.8. The lowest BCUT2D eigenvalue weighted by Crippen LogP contribution is -2.34. The van der Waals surface area contributed by atoms with E-state index in [4.69, 9.17) is 23.2 Å². The van der Waals surface area contributed by atoms with Gasteiger partial charge >= 0.3 is 12.1 Å². The third kappa shape index (κ3) is 6.22. The Morgan fingerprint density at radius 1 is 1.10 bits per heavy atom. The maximum absolute atomic E-state index is 13.7. The first-order chi connectivity index (χ1) is 19.2. The van der Waals surface area contributed by atoms with E-state index in [2.05, 4.69) is 25.7 Å². The summed E-state index contributed by atoms with van der Waals surface area (Å²) < 4.78 is 67.5. The molecule has 0 aliphatic carbocycles. The van der Waals surface area contributed by atoms with Gasteiger partial charge in [-0.3, -0.25) is 9.59 Å². The molecule has 3 heterocycles. The normalized spacial score (nSPS) is 12.0. The molecule has 4 rings (SSSR count). The number of carbonyl (C=O) groups is 2. The predicted molar refractivity (Wildman–Crippen MR) is 138 cm³/mol. The minimum Gasteiger partial charge on any atom is -0.352 e. The lowest BCUT2D eigenvalue weighted by atomic mass is 9.95. The van der Waals surface area contributed by atoms with E-state index < -0.39 is 36.0 Å². The third-order valence-electron chi connectivity index (χ3n) is 5.88. The predicted octanol–water partition coefficient (Wildman–Crippen LogP) is 5.35. The Kier molecular flexibility index (Phi) is 8.45. The first kappa shape index (κ1) is 30.1. The number of benzene rings is 1. The van der Waals surface area contributed by atoms with Crippen molar-refractivity contribution in [3.05, 3.63) is 86.5 Å². The maximum atomic E-state index is 13.7. The Morgan fingerprint density at radius 2 is 1.83 bits per heavy atom. The molecule has 1 aromatic carbocycles. The van der Waals surface area contributed by atoms with Gasteiger partial charge in [-0.1, -0.05) is 28.4 Å². The van der Waals surface area contributed by atoms with Crippen LogP contribution in [0.5, 0.6) is 0 Å². The lowest BCUT2D eigenvalue weighted by Gasteiger charge is -2.16. The van der Waals surface area contributed by atoms with Crippen molar-refractivity contribution in [1.29, 1.82) is 0 Å². The van der Waals surface area contributed by atoms with Gasteiger partial charge in [-0.15, -0.1) is 5.10 Å². The molecular weight excluding hydrogens is 596 g/mol. The van der Waals surface area contributed by atoms with Crippen molar-refractivity contribution in [2.24, 2.45) is 0 Å². The van der Waals surface area contributed by atoms with Crippen molar-refractivity contribution in [2.45, 2.75) is 38.9 Å². The number of hydrogen-bond acceptors (Lipinski definition) is 6. The molecule has 0 saturated heterocycles. The van der Waals surface area contributed by atoms with E-state index in [1.54, 1.807) is 26.0 Å². The zero-order valence-electron chi connectivity index (χ0n) is 21.3. The van der Waals surface area contributed by atoms with Crippen molar-refractivity contribution >= 4 is 34.9 Å². The van der Waals surface area contributed by atoms with Crippen molar-refractivity contribution in [2.75, 3.05) is 6.54 Å². The van der Waals surface area contributed by atoms with Crippen LogP contribution in [0.15, 0.2) is 42.7 Å². The Bertz CT molecular complexity index is 1620. The summed E-state index contributed by atoms with van der Waals surface area (Å²) in [6, 6.07) is 7.39. The first-order valence-corrected chi connectivity index (χ1v) is 12.6. The van der Waals surface area contributed by atoms with E-state index in [0.29, 0.717) is 28.9 Å². The average Bonchev–Trinajstić information content (AvgIpc) is 3.53. The van der Waals surface area contributed by atoms with Gasteiger partial charge in [-0.05, 0) is 55.3 Å². The van der Waals surface area contributed by atoms with E-state index in [9.17, 15) is 31.5 Å². The number of carbonyl (C=O) groups excluding carboxylic acids is 2. The topological polar surface area (TPSA) is 108 Å². The molecule has 0 aliphatic rings. The highest BCUT2D eigenvalue weighted by Crippen LogP contribution is 2.42. The molecule has 0 atom stereocenters. The van der Waals surface area contributed by atoms with Crippen LogP contribution in [-0.2, 0) is 18.9 Å². The number of halogens is 7. The highest BCUT2D eigenvalue weighted by molar-refractivity contribution is 6.32. The third-order valence-corrected chi connectivity index (χ3v) is 6.40. The van der Waals surface area contributed by atoms with Crippen LogP contribution in [0.4, 0.5) is 22.0 Å². The minimum atomic E-state index is -5.86. The first-order valence-electron chi connectivity index (χ1n) is 11.9. The Morgan fingerprint density at radius 3 is 2.49 bits per heavy atom. The number of nitrogens with zero attached hydrogens (tertiary/aromatic N) is 6. The number of alkyl halides is 5. The Balaban J connectivity index is 1.73. The van der Waals surface area contributed by atoms with E-state index in [1.165, 1.54) is 24.4 Å². The molecule has 16 heteroatoms. The number of rotatable bonds is 9. The molecule has 9 nitrogen and oxygen atoms in total. The summed E-state index contributed by atoms with van der Waals surface area (Å²) >= 11 is 12.4. The van der Waals surface area contributed by atoms with Gasteiger partial charge in [0.2, 0.25) is 0 Å². The summed E-state index contributed by atoms with van der Waals surface area (Å²) in [5.74, 6) is -6.11. The molecule has 0 bridgehead atoms. The van der Waals surface area contributed by atoms with Crippen LogP contribution in [0.3, 0.4) is 0 Å². The van der Waals surface area contributed by atoms with Gasteiger partial charge in [-0.25, -0.2) is 14.3 Å². The second-order valence-corrected chi connectivity index (χ2v) is 9.67. The molecule has 0 fully saturated rings. The van der Waals surface area contributed by atoms with Crippen molar-refractivity contribution in [3.63, 3.8) is 0 Å². The molecule has 3 aromatic heterocycles. The van der Waals surface area contributed by atoms with Crippen molar-refractivity contribution < 1.29 is 31.5 Å². The van der Waals surface area contributed by atoms with Crippen LogP contribution in [0, 0.1) is 6.92 Å². The molecule has 41 heavy (non-hydrogen) atoms. The molecule has 0 radical (unpaired) electrons. The summed E-state index contributed by atoms with van der Waals surface area (Å²) in [6.45, 7) is 3.35. The Labute approximate surface area is 239 Å². The molecule has 0 saturated carbocycles. The van der Waals surface area contributed by atoms with E-state index in [0.717, 1.165) is 9.36 Å². The van der Waals surface area contributed by atoms with Gasteiger partial charge < -0.3 is 5.32 Å². The number of hydrogen-bond donors (Lipinski definition) is 1. The zero-order chi connectivity index (χ0) is 30.1. The summed E-state index contributed by atoms with van der Waals surface area (Å²) in [5, 5.41) is 13.7. The van der Waals surface area contributed by atoms with Crippen LogP contribution < -0.4 is 5.32 Å². The number of nitrogens with one attached hydrogen (secondary N) is 1. The van der Waals surface area contributed by atoms with Crippen molar-refractivity contribution in [1.82, 2.24) is 35.1 Å². The molecule has 1 N–H and O–H groups in total. The Hall–Kier alpha value is -3.91. The van der Waals surface area contributed by atoms with Crippen LogP contribution in [0.2, 0.25) is 10.0 Å². The second kappa shape index (κ2) is 11.5. The molecule has 0 aliphatic heterocycles. The SMILES string of the molecule is CCNC(=O)c1cc(Cl)cc(C)c1CC(=O)c1cc(Cn2cc(C(F)(F)C(F)(F)F)nn2)nn1-c1ncccc1Cl. The molecular formula is C25H20Cl2F5N7O2. The number of amides is 1. The second-order valence-electron chi connectivity index (χ2n) is 8.82. The van der Waals surface area contributed by atoms with E-state index in [-0.39, 0.29) is 34.2 Å². The van der Waals surface area contributed by atoms with Crippen molar-refractivity contribution in [3.8, 4) is 5.82 Å². The summed E-state index contributed by atoms with van der Waals surface area (Å²) in [5.41, 5.74) is -0.397. The van der Waals surface area contributed by atoms with Gasteiger partial charge in [0.05, 0.1) is 23.5 Å². The van der Waals surface area contributed by atoms with Gasteiger partial charge in [0.1, 0.15) is 5.69 Å². The highest BCUT2D eigenvalue weighted by atomic mass is 35.5. The molecule has 1 amide bonds. The fraction of sp³-hybridized carbons (Fsp3) is 0.280. The quantitative estimate of drug-likeness (QED) is 0.201. The largest absolute Gasteiger partial charge is 0.459 e. The number of pyridine rings is 1. The van der Waals surface area contributed by atoms with Gasteiger partial charge in [0, 0.05) is 29.7 Å². The van der Waals surface area contributed by atoms with E-state index >= 15 is 0 Å².